The van der Waals surface area contributed by atoms with Crippen molar-refractivity contribution >= 4 is 17.5 Å². The summed E-state index contributed by atoms with van der Waals surface area (Å²) in [5, 5.41) is 3.83. The topological polar surface area (TPSA) is 68.5 Å². The lowest BCUT2D eigenvalue weighted by molar-refractivity contribution is -0.274. The number of rotatable bonds is 5. The van der Waals surface area contributed by atoms with Crippen molar-refractivity contribution in [1.29, 1.82) is 0 Å². The van der Waals surface area contributed by atoms with Gasteiger partial charge < -0.3 is 14.2 Å². The number of aromatic nitrogens is 2. The van der Waals surface area contributed by atoms with Gasteiger partial charge in [-0.3, -0.25) is 4.79 Å². The number of nitrogens with zero attached hydrogens (tertiary/aromatic N) is 3. The van der Waals surface area contributed by atoms with Crippen LogP contribution in [0.5, 0.6) is 5.75 Å². The maximum absolute atomic E-state index is 13.3. The summed E-state index contributed by atoms with van der Waals surface area (Å²) in [5.41, 5.74) is 1.12. The number of benzene rings is 2. The van der Waals surface area contributed by atoms with Gasteiger partial charge in [-0.25, -0.2) is 4.39 Å². The number of amides is 1. The van der Waals surface area contributed by atoms with Gasteiger partial charge in [-0.05, 0) is 42.0 Å². The standard InChI is InChI=1S/C20H14ClF4N3O3/c21-15-7-11(1-6-16(15)22)9-28-10-13(8-17(28)29)19-26-18(27-31-19)12-2-4-14(5-3-12)30-20(23,24)25/h1-7,13H,8-10H2. The molecule has 3 aromatic rings. The molecule has 1 unspecified atom stereocenters. The van der Waals surface area contributed by atoms with Crippen LogP contribution < -0.4 is 4.74 Å². The summed E-state index contributed by atoms with van der Waals surface area (Å²) in [7, 11) is 0. The highest BCUT2D eigenvalue weighted by Crippen LogP contribution is 2.31. The van der Waals surface area contributed by atoms with E-state index < -0.39 is 12.2 Å². The van der Waals surface area contributed by atoms with Crippen molar-refractivity contribution in [1.82, 2.24) is 15.0 Å². The number of hydrogen-bond acceptors (Lipinski definition) is 5. The van der Waals surface area contributed by atoms with E-state index in [9.17, 15) is 22.4 Å². The fourth-order valence-electron chi connectivity index (χ4n) is 3.27. The van der Waals surface area contributed by atoms with E-state index in [0.717, 1.165) is 12.1 Å². The number of carbonyl (C=O) groups excluding carboxylic acids is 1. The van der Waals surface area contributed by atoms with Gasteiger partial charge in [0.1, 0.15) is 11.6 Å². The fraction of sp³-hybridized carbons (Fsp3) is 0.250. The average Bonchev–Trinajstić information content (AvgIpc) is 3.32. The van der Waals surface area contributed by atoms with E-state index in [1.165, 1.54) is 24.3 Å². The van der Waals surface area contributed by atoms with Gasteiger partial charge in [-0.15, -0.1) is 13.2 Å². The first kappa shape index (κ1) is 21.1. The van der Waals surface area contributed by atoms with Crippen LogP contribution in [-0.4, -0.2) is 33.9 Å². The van der Waals surface area contributed by atoms with Gasteiger partial charge in [0.2, 0.25) is 17.6 Å². The smallest absolute Gasteiger partial charge is 0.406 e. The Morgan fingerprint density at radius 3 is 2.61 bits per heavy atom. The molecule has 162 valence electrons. The largest absolute Gasteiger partial charge is 0.573 e. The van der Waals surface area contributed by atoms with Crippen molar-refractivity contribution < 1.29 is 31.6 Å². The molecule has 11 heteroatoms. The summed E-state index contributed by atoms with van der Waals surface area (Å²) in [6, 6.07) is 9.31. The van der Waals surface area contributed by atoms with Gasteiger partial charge in [0.15, 0.2) is 0 Å². The van der Waals surface area contributed by atoms with Crippen molar-refractivity contribution in [3.8, 4) is 17.1 Å². The Bertz CT molecular complexity index is 1100. The number of alkyl halides is 3. The SMILES string of the molecule is O=C1CC(c2nc(-c3ccc(OC(F)(F)F)cc3)no2)CN1Cc1ccc(F)c(Cl)c1. The molecule has 0 spiro atoms. The third-order valence-electron chi connectivity index (χ3n) is 4.71. The predicted molar refractivity (Wildman–Crippen MR) is 101 cm³/mol. The van der Waals surface area contributed by atoms with Gasteiger partial charge in [0.25, 0.3) is 0 Å². The predicted octanol–water partition coefficient (Wildman–Crippen LogP) is 4.94. The summed E-state index contributed by atoms with van der Waals surface area (Å²) in [5.74, 6) is -0.926. The van der Waals surface area contributed by atoms with Crippen molar-refractivity contribution in [2.24, 2.45) is 0 Å². The maximum Gasteiger partial charge on any atom is 0.573 e. The van der Waals surface area contributed by atoms with Crippen molar-refractivity contribution in [3.05, 3.63) is 64.8 Å². The second-order valence-corrected chi connectivity index (χ2v) is 7.36. The van der Waals surface area contributed by atoms with Crippen molar-refractivity contribution in [3.63, 3.8) is 0 Å². The van der Waals surface area contributed by atoms with E-state index in [4.69, 9.17) is 16.1 Å². The van der Waals surface area contributed by atoms with Crippen LogP contribution in [0.15, 0.2) is 47.0 Å². The number of hydrogen-bond donors (Lipinski definition) is 0. The normalized spacial score (nSPS) is 16.7. The highest BCUT2D eigenvalue weighted by Gasteiger charge is 2.34. The van der Waals surface area contributed by atoms with Crippen LogP contribution in [0.1, 0.15) is 23.8 Å². The second kappa shape index (κ2) is 8.18. The quantitative estimate of drug-likeness (QED) is 0.509. The average molecular weight is 456 g/mol. The van der Waals surface area contributed by atoms with E-state index in [2.05, 4.69) is 14.9 Å². The molecule has 1 atom stereocenters. The molecule has 0 aliphatic carbocycles. The summed E-state index contributed by atoms with van der Waals surface area (Å²) in [6.45, 7) is 0.588. The molecule has 1 amide bonds. The molecule has 0 radical (unpaired) electrons. The number of halogens is 5. The minimum Gasteiger partial charge on any atom is -0.406 e. The molecule has 0 N–H and O–H groups in total. The van der Waals surface area contributed by atoms with Crippen LogP contribution in [0.25, 0.3) is 11.4 Å². The lowest BCUT2D eigenvalue weighted by Crippen LogP contribution is -2.24. The van der Waals surface area contributed by atoms with Crippen LogP contribution >= 0.6 is 11.6 Å². The summed E-state index contributed by atoms with van der Waals surface area (Å²) in [4.78, 5) is 18.2. The monoisotopic (exact) mass is 455 g/mol. The fourth-order valence-corrected chi connectivity index (χ4v) is 3.48. The van der Waals surface area contributed by atoms with Gasteiger partial charge in [0, 0.05) is 25.1 Å². The summed E-state index contributed by atoms with van der Waals surface area (Å²) in [6.07, 6.45) is -4.62. The number of likely N-dealkylation sites (tertiary alicyclic amines) is 1. The minimum absolute atomic E-state index is 0.0195. The van der Waals surface area contributed by atoms with E-state index >= 15 is 0 Å². The van der Waals surface area contributed by atoms with E-state index in [1.54, 1.807) is 11.0 Å². The zero-order valence-corrected chi connectivity index (χ0v) is 16.5. The van der Waals surface area contributed by atoms with Crippen molar-refractivity contribution in [2.75, 3.05) is 6.54 Å². The Kier molecular flexibility index (Phi) is 5.57. The van der Waals surface area contributed by atoms with Crippen LogP contribution in [0.4, 0.5) is 17.6 Å². The molecule has 0 bridgehead atoms. The van der Waals surface area contributed by atoms with Crippen LogP contribution in [0.2, 0.25) is 5.02 Å². The summed E-state index contributed by atoms with van der Waals surface area (Å²) < 4.78 is 59.2. The van der Waals surface area contributed by atoms with Gasteiger partial charge >= 0.3 is 6.36 Å². The molecule has 1 aliphatic heterocycles. The molecule has 4 rings (SSSR count). The number of ether oxygens (including phenoxy) is 1. The molecule has 2 aromatic carbocycles. The highest BCUT2D eigenvalue weighted by atomic mass is 35.5. The van der Waals surface area contributed by atoms with Gasteiger partial charge in [0.05, 0.1) is 10.9 Å². The maximum atomic E-state index is 13.3. The Hall–Kier alpha value is -3.14. The third-order valence-corrected chi connectivity index (χ3v) is 5.00. The zero-order chi connectivity index (χ0) is 22.2. The molecule has 31 heavy (non-hydrogen) atoms. The molecular weight excluding hydrogens is 442 g/mol. The molecule has 6 nitrogen and oxygen atoms in total. The van der Waals surface area contributed by atoms with E-state index in [1.807, 2.05) is 0 Å². The second-order valence-electron chi connectivity index (χ2n) is 6.95. The van der Waals surface area contributed by atoms with Crippen molar-refractivity contribution in [2.45, 2.75) is 25.2 Å². The molecule has 0 saturated carbocycles. The van der Waals surface area contributed by atoms with E-state index in [-0.39, 0.29) is 47.3 Å². The minimum atomic E-state index is -4.78. The molecule has 1 aromatic heterocycles. The Labute approximate surface area is 178 Å². The third kappa shape index (κ3) is 4.96. The number of carbonyl (C=O) groups is 1. The van der Waals surface area contributed by atoms with Crippen LogP contribution in [0, 0.1) is 5.82 Å². The molecule has 2 heterocycles. The van der Waals surface area contributed by atoms with Crippen LogP contribution in [0.3, 0.4) is 0 Å². The Balaban J connectivity index is 1.43. The highest BCUT2D eigenvalue weighted by molar-refractivity contribution is 6.30. The summed E-state index contributed by atoms with van der Waals surface area (Å²) >= 11 is 5.79. The zero-order valence-electron chi connectivity index (χ0n) is 15.7. The Morgan fingerprint density at radius 1 is 1.19 bits per heavy atom. The Morgan fingerprint density at radius 2 is 1.94 bits per heavy atom. The first-order valence-electron chi connectivity index (χ1n) is 9.09. The van der Waals surface area contributed by atoms with Gasteiger partial charge in [-0.2, -0.15) is 4.98 Å². The van der Waals surface area contributed by atoms with E-state index in [0.29, 0.717) is 17.7 Å². The molecular formula is C20H14ClF4N3O3. The first-order valence-corrected chi connectivity index (χ1v) is 9.47. The first-order chi connectivity index (χ1) is 14.7. The molecule has 1 aliphatic rings. The molecule has 1 saturated heterocycles. The molecule has 1 fully saturated rings. The lowest BCUT2D eigenvalue weighted by Gasteiger charge is -2.16. The van der Waals surface area contributed by atoms with Gasteiger partial charge in [-0.1, -0.05) is 22.8 Å². The van der Waals surface area contributed by atoms with Crippen LogP contribution in [-0.2, 0) is 11.3 Å². The lowest BCUT2D eigenvalue weighted by atomic mass is 10.1.